The minimum atomic E-state index is -0.603. The molecule has 0 atom stereocenters. The average molecular weight is 316 g/mol. The first-order valence-electron chi connectivity index (χ1n) is 6.45. The second-order valence-electron chi connectivity index (χ2n) is 4.85. The van der Waals surface area contributed by atoms with Crippen LogP contribution in [0.2, 0.25) is 5.02 Å². The van der Waals surface area contributed by atoms with Crippen LogP contribution in [0.3, 0.4) is 0 Å². The lowest BCUT2D eigenvalue weighted by molar-refractivity contribution is 0.0125. The first-order valence-corrected chi connectivity index (χ1v) is 8.05. The topological polar surface area (TPSA) is 58.6 Å². The number of hydrogen-bond acceptors (Lipinski definition) is 4. The zero-order valence-corrected chi connectivity index (χ0v) is 12.9. The molecule has 20 heavy (non-hydrogen) atoms. The fourth-order valence-corrected chi connectivity index (χ4v) is 2.84. The molecule has 1 aliphatic heterocycles. The molecule has 0 radical (unpaired) electrons. The van der Waals surface area contributed by atoms with Crippen molar-refractivity contribution in [3.8, 4) is 0 Å². The van der Waals surface area contributed by atoms with Gasteiger partial charge in [-0.3, -0.25) is 4.79 Å². The van der Waals surface area contributed by atoms with Gasteiger partial charge >= 0.3 is 0 Å². The molecule has 110 valence electrons. The van der Waals surface area contributed by atoms with E-state index in [0.29, 0.717) is 36.6 Å². The molecule has 1 heterocycles. The fraction of sp³-hybridized carbons (Fsp3) is 0.500. The Bertz CT molecular complexity index is 489. The maximum absolute atomic E-state index is 12.4. The van der Waals surface area contributed by atoms with Gasteiger partial charge in [-0.2, -0.15) is 0 Å². The highest BCUT2D eigenvalue weighted by Gasteiger charge is 2.34. The van der Waals surface area contributed by atoms with Crippen LogP contribution in [-0.2, 0) is 4.74 Å². The van der Waals surface area contributed by atoms with Gasteiger partial charge in [-0.05, 0) is 37.3 Å². The summed E-state index contributed by atoms with van der Waals surface area (Å²) in [4.78, 5) is 13.4. The van der Waals surface area contributed by atoms with Crippen LogP contribution in [0.5, 0.6) is 0 Å². The molecule has 0 unspecified atom stereocenters. The molecule has 0 bridgehead atoms. The summed E-state index contributed by atoms with van der Waals surface area (Å²) in [7, 11) is 0. The van der Waals surface area contributed by atoms with Gasteiger partial charge in [0.1, 0.15) is 0 Å². The Labute approximate surface area is 127 Å². The standard InChI is InChI=1S/C14H18ClNO3S/c1-20-10-2-3-12(15)11(8-10)13(18)16-14(9-17)4-6-19-7-5-14/h2-3,8,17H,4-7,9H2,1H3,(H,16,18). The molecule has 0 spiro atoms. The predicted molar refractivity (Wildman–Crippen MR) is 80.6 cm³/mol. The molecule has 1 fully saturated rings. The van der Waals surface area contributed by atoms with Gasteiger partial charge in [0, 0.05) is 18.1 Å². The molecule has 1 amide bonds. The second kappa shape index (κ2) is 6.80. The molecule has 4 nitrogen and oxygen atoms in total. The maximum Gasteiger partial charge on any atom is 0.253 e. The predicted octanol–water partition coefficient (Wildman–Crippen LogP) is 2.33. The van der Waals surface area contributed by atoms with Gasteiger partial charge in [0.25, 0.3) is 5.91 Å². The summed E-state index contributed by atoms with van der Waals surface area (Å²) in [6, 6.07) is 5.37. The van der Waals surface area contributed by atoms with Crippen molar-refractivity contribution in [1.29, 1.82) is 0 Å². The Morgan fingerprint density at radius 2 is 2.20 bits per heavy atom. The summed E-state index contributed by atoms with van der Waals surface area (Å²) in [6.07, 6.45) is 3.16. The van der Waals surface area contributed by atoms with Crippen LogP contribution in [0.1, 0.15) is 23.2 Å². The Kier molecular flexibility index (Phi) is 5.32. The number of nitrogens with one attached hydrogen (secondary N) is 1. The molecule has 2 rings (SSSR count). The number of hydrogen-bond donors (Lipinski definition) is 2. The number of ether oxygens (including phenoxy) is 1. The zero-order chi connectivity index (χ0) is 14.6. The van der Waals surface area contributed by atoms with E-state index in [-0.39, 0.29) is 12.5 Å². The summed E-state index contributed by atoms with van der Waals surface area (Å²) in [6.45, 7) is 0.987. The van der Waals surface area contributed by atoms with E-state index in [0.717, 1.165) is 4.90 Å². The Balaban J connectivity index is 2.18. The third kappa shape index (κ3) is 3.47. The maximum atomic E-state index is 12.4. The molecular weight excluding hydrogens is 298 g/mol. The number of carbonyl (C=O) groups excluding carboxylic acids is 1. The second-order valence-corrected chi connectivity index (χ2v) is 6.14. The summed E-state index contributed by atoms with van der Waals surface area (Å²) in [5.74, 6) is -0.248. The lowest BCUT2D eigenvalue weighted by Gasteiger charge is -2.36. The van der Waals surface area contributed by atoms with Gasteiger partial charge in [-0.25, -0.2) is 0 Å². The van der Waals surface area contributed by atoms with Gasteiger partial charge in [0.15, 0.2) is 0 Å². The van der Waals surface area contributed by atoms with Crippen LogP contribution >= 0.6 is 23.4 Å². The highest BCUT2D eigenvalue weighted by molar-refractivity contribution is 7.98. The number of amides is 1. The van der Waals surface area contributed by atoms with E-state index in [2.05, 4.69) is 5.32 Å². The van der Waals surface area contributed by atoms with E-state index in [1.54, 1.807) is 23.9 Å². The Hall–Kier alpha value is -0.750. The SMILES string of the molecule is CSc1ccc(Cl)c(C(=O)NC2(CO)CCOCC2)c1. The highest BCUT2D eigenvalue weighted by atomic mass is 35.5. The van der Waals surface area contributed by atoms with Crippen molar-refractivity contribution in [3.05, 3.63) is 28.8 Å². The lowest BCUT2D eigenvalue weighted by Crippen LogP contribution is -2.54. The van der Waals surface area contributed by atoms with Crippen molar-refractivity contribution in [1.82, 2.24) is 5.32 Å². The lowest BCUT2D eigenvalue weighted by atomic mass is 9.90. The molecule has 0 aliphatic carbocycles. The van der Waals surface area contributed by atoms with Gasteiger partial charge in [0.2, 0.25) is 0 Å². The fourth-order valence-electron chi connectivity index (χ4n) is 2.20. The smallest absolute Gasteiger partial charge is 0.253 e. The quantitative estimate of drug-likeness (QED) is 0.837. The van der Waals surface area contributed by atoms with Crippen LogP contribution in [0, 0.1) is 0 Å². The van der Waals surface area contributed by atoms with E-state index in [9.17, 15) is 9.90 Å². The highest BCUT2D eigenvalue weighted by Crippen LogP contribution is 2.25. The van der Waals surface area contributed by atoms with Crippen LogP contribution in [0.4, 0.5) is 0 Å². The average Bonchev–Trinajstić information content (AvgIpc) is 2.48. The van der Waals surface area contributed by atoms with Crippen molar-refractivity contribution < 1.29 is 14.6 Å². The first kappa shape index (κ1) is 15.6. The molecule has 2 N–H and O–H groups in total. The van der Waals surface area contributed by atoms with Crippen molar-refractivity contribution in [3.63, 3.8) is 0 Å². The van der Waals surface area contributed by atoms with Gasteiger partial charge < -0.3 is 15.2 Å². The molecule has 6 heteroatoms. The van der Waals surface area contributed by atoms with Crippen LogP contribution in [0.25, 0.3) is 0 Å². The van der Waals surface area contributed by atoms with Gasteiger partial charge in [-0.1, -0.05) is 11.6 Å². The molecule has 1 aromatic carbocycles. The number of rotatable bonds is 4. The van der Waals surface area contributed by atoms with Crippen molar-refractivity contribution in [2.45, 2.75) is 23.3 Å². The number of halogens is 1. The van der Waals surface area contributed by atoms with Gasteiger partial charge in [-0.15, -0.1) is 11.8 Å². The molecule has 0 saturated carbocycles. The van der Waals surface area contributed by atoms with Crippen molar-refractivity contribution in [2.24, 2.45) is 0 Å². The van der Waals surface area contributed by atoms with Crippen LogP contribution < -0.4 is 5.32 Å². The number of aliphatic hydroxyl groups is 1. The Morgan fingerprint density at radius 3 is 2.80 bits per heavy atom. The first-order chi connectivity index (χ1) is 9.60. The van der Waals surface area contributed by atoms with Crippen LogP contribution in [0.15, 0.2) is 23.1 Å². The summed E-state index contributed by atoms with van der Waals surface area (Å²) >= 11 is 7.65. The summed E-state index contributed by atoms with van der Waals surface area (Å²) in [5.41, 5.74) is -0.161. The number of carbonyl (C=O) groups is 1. The number of benzene rings is 1. The zero-order valence-electron chi connectivity index (χ0n) is 11.3. The summed E-state index contributed by atoms with van der Waals surface area (Å²) < 4.78 is 5.28. The van der Waals surface area contributed by atoms with Crippen molar-refractivity contribution in [2.75, 3.05) is 26.1 Å². The third-order valence-corrected chi connectivity index (χ3v) is 4.60. The van der Waals surface area contributed by atoms with Crippen molar-refractivity contribution >= 4 is 29.3 Å². The monoisotopic (exact) mass is 315 g/mol. The largest absolute Gasteiger partial charge is 0.394 e. The number of thioether (sulfide) groups is 1. The van der Waals surface area contributed by atoms with E-state index in [1.165, 1.54) is 0 Å². The minimum absolute atomic E-state index is 0.0953. The van der Waals surface area contributed by atoms with E-state index in [1.807, 2.05) is 12.3 Å². The Morgan fingerprint density at radius 1 is 1.50 bits per heavy atom. The molecular formula is C14H18ClNO3S. The van der Waals surface area contributed by atoms with E-state index >= 15 is 0 Å². The summed E-state index contributed by atoms with van der Waals surface area (Å²) in [5, 5.41) is 12.9. The van der Waals surface area contributed by atoms with Crippen LogP contribution in [-0.4, -0.2) is 42.6 Å². The molecule has 1 aromatic rings. The molecule has 1 aliphatic rings. The minimum Gasteiger partial charge on any atom is -0.394 e. The third-order valence-electron chi connectivity index (χ3n) is 3.55. The van der Waals surface area contributed by atoms with E-state index in [4.69, 9.17) is 16.3 Å². The molecule has 1 saturated heterocycles. The van der Waals surface area contributed by atoms with E-state index < -0.39 is 5.54 Å². The number of aliphatic hydroxyl groups excluding tert-OH is 1. The normalized spacial score (nSPS) is 17.8. The molecule has 0 aromatic heterocycles. The van der Waals surface area contributed by atoms with Gasteiger partial charge in [0.05, 0.1) is 22.7 Å².